The molecular weight excluding hydrogens is 382 g/mol. The van der Waals surface area contributed by atoms with Crippen LogP contribution in [0.3, 0.4) is 0 Å². The van der Waals surface area contributed by atoms with E-state index in [0.29, 0.717) is 19.0 Å². The molecule has 6 nitrogen and oxygen atoms in total. The molecule has 3 rings (SSSR count). The first-order chi connectivity index (χ1) is 10.8. The molecule has 23 heavy (non-hydrogen) atoms. The van der Waals surface area contributed by atoms with Crippen LogP contribution >= 0.6 is 27.3 Å². The van der Waals surface area contributed by atoms with Crippen molar-refractivity contribution in [2.45, 2.75) is 38.9 Å². The first kappa shape index (κ1) is 16.4. The lowest BCUT2D eigenvalue weighted by Gasteiger charge is -2.24. The third-order valence-electron chi connectivity index (χ3n) is 3.34. The predicted molar refractivity (Wildman–Crippen MR) is 92.0 cm³/mol. The van der Waals surface area contributed by atoms with Crippen molar-refractivity contribution in [2.24, 2.45) is 0 Å². The maximum absolute atomic E-state index is 12.1. The molecule has 8 heteroatoms. The summed E-state index contributed by atoms with van der Waals surface area (Å²) in [6.07, 6.45) is 1.88. The lowest BCUT2D eigenvalue weighted by Crippen LogP contribution is -2.36. The zero-order valence-corrected chi connectivity index (χ0v) is 15.6. The molecule has 0 aromatic carbocycles. The van der Waals surface area contributed by atoms with E-state index in [1.54, 1.807) is 4.90 Å². The number of thiophene rings is 1. The SMILES string of the molecule is CC(C)(C)OC(=O)N1CCC(Oc2ncnc3sc(Br)cc23)C1. The molecule has 0 spiro atoms. The van der Waals surface area contributed by atoms with Gasteiger partial charge in [-0.1, -0.05) is 0 Å². The molecule has 0 aliphatic carbocycles. The Morgan fingerprint density at radius 1 is 1.43 bits per heavy atom. The van der Waals surface area contributed by atoms with Gasteiger partial charge in [-0.2, -0.15) is 0 Å². The molecule has 3 heterocycles. The summed E-state index contributed by atoms with van der Waals surface area (Å²) in [6, 6.07) is 1.95. The average Bonchev–Trinajstić information content (AvgIpc) is 3.03. The standard InChI is InChI=1S/C15H18BrN3O3S/c1-15(2,3)22-14(20)19-5-4-9(7-19)21-12-10-6-11(16)23-13(10)18-8-17-12/h6,8-9H,4-5,7H2,1-3H3. The third kappa shape index (κ3) is 3.92. The van der Waals surface area contributed by atoms with Crippen LogP contribution in [0.2, 0.25) is 0 Å². The van der Waals surface area contributed by atoms with Gasteiger partial charge < -0.3 is 14.4 Å². The second kappa shape index (κ2) is 6.24. The van der Waals surface area contributed by atoms with E-state index in [1.165, 1.54) is 17.7 Å². The lowest BCUT2D eigenvalue weighted by molar-refractivity contribution is 0.0275. The van der Waals surface area contributed by atoms with Crippen LogP contribution in [-0.2, 0) is 4.74 Å². The highest BCUT2D eigenvalue weighted by Gasteiger charge is 2.31. The van der Waals surface area contributed by atoms with E-state index in [1.807, 2.05) is 26.8 Å². The first-order valence-electron chi connectivity index (χ1n) is 7.36. The number of nitrogens with zero attached hydrogens (tertiary/aromatic N) is 3. The Morgan fingerprint density at radius 2 is 2.22 bits per heavy atom. The molecule has 1 atom stereocenters. The van der Waals surface area contributed by atoms with Crippen molar-refractivity contribution in [3.05, 3.63) is 16.2 Å². The van der Waals surface area contributed by atoms with Gasteiger partial charge in [0.25, 0.3) is 0 Å². The number of fused-ring (bicyclic) bond motifs is 1. The van der Waals surface area contributed by atoms with Gasteiger partial charge in [0.05, 0.1) is 15.7 Å². The van der Waals surface area contributed by atoms with Gasteiger partial charge in [0.1, 0.15) is 22.9 Å². The molecule has 2 aromatic heterocycles. The lowest BCUT2D eigenvalue weighted by atomic mass is 10.2. The molecule has 2 aromatic rings. The summed E-state index contributed by atoms with van der Waals surface area (Å²) in [5.41, 5.74) is -0.488. The highest BCUT2D eigenvalue weighted by Crippen LogP contribution is 2.33. The smallest absolute Gasteiger partial charge is 0.410 e. The zero-order chi connectivity index (χ0) is 16.6. The molecule has 0 radical (unpaired) electrons. The monoisotopic (exact) mass is 399 g/mol. The number of hydrogen-bond donors (Lipinski definition) is 0. The van der Waals surface area contributed by atoms with Crippen LogP contribution in [-0.4, -0.2) is 45.8 Å². The molecular formula is C15H18BrN3O3S. The Bertz CT molecular complexity index is 728. The molecule has 0 bridgehead atoms. The molecule has 1 amide bonds. The molecule has 1 unspecified atom stereocenters. The van der Waals surface area contributed by atoms with E-state index < -0.39 is 5.60 Å². The highest BCUT2D eigenvalue weighted by molar-refractivity contribution is 9.11. The minimum atomic E-state index is -0.488. The van der Waals surface area contributed by atoms with Gasteiger partial charge in [0, 0.05) is 13.0 Å². The number of likely N-dealkylation sites (tertiary alicyclic amines) is 1. The zero-order valence-electron chi connectivity index (χ0n) is 13.2. The van der Waals surface area contributed by atoms with Crippen molar-refractivity contribution in [3.63, 3.8) is 0 Å². The summed E-state index contributed by atoms with van der Waals surface area (Å²) in [5.74, 6) is 0.563. The van der Waals surface area contributed by atoms with E-state index in [4.69, 9.17) is 9.47 Å². The molecule has 124 valence electrons. The maximum Gasteiger partial charge on any atom is 0.410 e. The number of carbonyl (C=O) groups is 1. The van der Waals surface area contributed by atoms with E-state index in [9.17, 15) is 4.79 Å². The summed E-state index contributed by atoms with van der Waals surface area (Å²) < 4.78 is 12.4. The maximum atomic E-state index is 12.1. The predicted octanol–water partition coefficient (Wildman–Crippen LogP) is 3.84. The average molecular weight is 400 g/mol. The highest BCUT2D eigenvalue weighted by atomic mass is 79.9. The summed E-state index contributed by atoms with van der Waals surface area (Å²) in [7, 11) is 0. The van der Waals surface area contributed by atoms with Crippen molar-refractivity contribution in [1.29, 1.82) is 0 Å². The van der Waals surface area contributed by atoms with E-state index in [-0.39, 0.29) is 12.2 Å². The summed E-state index contributed by atoms with van der Waals surface area (Å²) in [6.45, 7) is 6.72. The summed E-state index contributed by atoms with van der Waals surface area (Å²) >= 11 is 4.99. The fourth-order valence-electron chi connectivity index (χ4n) is 2.37. The van der Waals surface area contributed by atoms with Gasteiger partial charge in [-0.25, -0.2) is 14.8 Å². The van der Waals surface area contributed by atoms with E-state index in [2.05, 4.69) is 25.9 Å². The Kier molecular flexibility index (Phi) is 4.46. The van der Waals surface area contributed by atoms with Crippen molar-refractivity contribution in [1.82, 2.24) is 14.9 Å². The van der Waals surface area contributed by atoms with Crippen LogP contribution in [0.25, 0.3) is 10.2 Å². The van der Waals surface area contributed by atoms with Crippen LogP contribution < -0.4 is 4.74 Å². The van der Waals surface area contributed by atoms with Crippen LogP contribution in [0.1, 0.15) is 27.2 Å². The number of hydrogen-bond acceptors (Lipinski definition) is 6. The number of amides is 1. The second-order valence-electron chi connectivity index (χ2n) is 6.40. The number of aromatic nitrogens is 2. The molecule has 1 aliphatic heterocycles. The Balaban J connectivity index is 1.66. The second-order valence-corrected chi connectivity index (χ2v) is 8.81. The van der Waals surface area contributed by atoms with Gasteiger partial charge in [0.15, 0.2) is 0 Å². The first-order valence-corrected chi connectivity index (χ1v) is 8.97. The number of rotatable bonds is 2. The van der Waals surface area contributed by atoms with Gasteiger partial charge in [-0.3, -0.25) is 0 Å². The Morgan fingerprint density at radius 3 is 2.96 bits per heavy atom. The van der Waals surface area contributed by atoms with Crippen LogP contribution in [0.4, 0.5) is 4.79 Å². The molecule has 0 saturated carbocycles. The third-order valence-corrected chi connectivity index (χ3v) is 4.88. The van der Waals surface area contributed by atoms with E-state index >= 15 is 0 Å². The largest absolute Gasteiger partial charge is 0.472 e. The van der Waals surface area contributed by atoms with Crippen molar-refractivity contribution in [2.75, 3.05) is 13.1 Å². The quantitative estimate of drug-likeness (QED) is 0.767. The van der Waals surface area contributed by atoms with Crippen molar-refractivity contribution >= 4 is 43.6 Å². The minimum absolute atomic E-state index is 0.0840. The minimum Gasteiger partial charge on any atom is -0.472 e. The van der Waals surface area contributed by atoms with E-state index in [0.717, 1.165) is 20.4 Å². The molecule has 1 saturated heterocycles. The summed E-state index contributed by atoms with van der Waals surface area (Å²) in [4.78, 5) is 23.1. The molecule has 0 N–H and O–H groups in total. The Labute approximate surface area is 146 Å². The van der Waals surface area contributed by atoms with Crippen molar-refractivity contribution < 1.29 is 14.3 Å². The fourth-order valence-corrected chi connectivity index (χ4v) is 3.78. The van der Waals surface area contributed by atoms with Gasteiger partial charge in [0.2, 0.25) is 5.88 Å². The Hall–Kier alpha value is -1.41. The van der Waals surface area contributed by atoms with Crippen LogP contribution in [0.5, 0.6) is 5.88 Å². The van der Waals surface area contributed by atoms with Crippen LogP contribution in [0.15, 0.2) is 16.2 Å². The number of ether oxygens (including phenoxy) is 2. The summed E-state index contributed by atoms with van der Waals surface area (Å²) in [5, 5.41) is 0.889. The molecule has 1 fully saturated rings. The number of halogens is 1. The topological polar surface area (TPSA) is 64.5 Å². The van der Waals surface area contributed by atoms with Gasteiger partial charge in [-0.15, -0.1) is 11.3 Å². The van der Waals surface area contributed by atoms with Gasteiger partial charge in [-0.05, 0) is 42.8 Å². The number of carbonyl (C=O) groups excluding carboxylic acids is 1. The normalized spacial score (nSPS) is 18.4. The van der Waals surface area contributed by atoms with Crippen LogP contribution in [0, 0.1) is 0 Å². The van der Waals surface area contributed by atoms with Gasteiger partial charge >= 0.3 is 6.09 Å². The fraction of sp³-hybridized carbons (Fsp3) is 0.533. The van der Waals surface area contributed by atoms with Crippen molar-refractivity contribution in [3.8, 4) is 5.88 Å². The molecule has 1 aliphatic rings.